The molecule has 0 saturated carbocycles. The molecule has 2 N–H and O–H groups in total. The minimum atomic E-state index is -0.480. The molecule has 0 aliphatic carbocycles. The van der Waals surface area contributed by atoms with Crippen molar-refractivity contribution in [2.45, 2.75) is 32.3 Å². The smallest absolute Gasteiger partial charge is 0.139 e. The number of benzene rings is 2. The lowest BCUT2D eigenvalue weighted by atomic mass is 9.87. The van der Waals surface area contributed by atoms with E-state index in [1.807, 2.05) is 24.3 Å². The number of hydrogen-bond acceptors (Lipinski definition) is 2. The molecule has 0 amide bonds. The molecule has 2 aromatic rings. The lowest BCUT2D eigenvalue weighted by molar-refractivity contribution is 0.209. The quantitative estimate of drug-likeness (QED) is 0.914. The molecular weight excluding hydrogens is 265 g/mol. The highest BCUT2D eigenvalue weighted by atomic mass is 19.1. The molecule has 2 rings (SSSR count). The average Bonchev–Trinajstić information content (AvgIpc) is 2.45. The predicted octanol–water partition coefficient (Wildman–Crippen LogP) is 4.20. The molecular formula is C18H22FNO. The van der Waals surface area contributed by atoms with Gasteiger partial charge >= 0.3 is 0 Å². The Morgan fingerprint density at radius 2 is 1.67 bits per heavy atom. The minimum Gasteiger partial charge on any atom is -0.484 e. The monoisotopic (exact) mass is 287 g/mol. The van der Waals surface area contributed by atoms with Crippen molar-refractivity contribution < 1.29 is 9.13 Å². The van der Waals surface area contributed by atoms with Crippen molar-refractivity contribution in [3.63, 3.8) is 0 Å². The maximum atomic E-state index is 13.8. The molecule has 112 valence electrons. The van der Waals surface area contributed by atoms with Crippen LogP contribution in [0.3, 0.4) is 0 Å². The third kappa shape index (κ3) is 3.82. The molecule has 2 nitrogen and oxygen atoms in total. The van der Waals surface area contributed by atoms with Gasteiger partial charge in [0.1, 0.15) is 17.7 Å². The van der Waals surface area contributed by atoms with Gasteiger partial charge in [-0.25, -0.2) is 4.39 Å². The highest BCUT2D eigenvalue weighted by Crippen LogP contribution is 2.27. The summed E-state index contributed by atoms with van der Waals surface area (Å²) in [4.78, 5) is 0. The Balaban J connectivity index is 2.18. The first kappa shape index (κ1) is 15.5. The van der Waals surface area contributed by atoms with Gasteiger partial charge in [-0.2, -0.15) is 0 Å². The lowest BCUT2D eigenvalue weighted by Crippen LogP contribution is -2.19. The molecule has 1 unspecified atom stereocenters. The molecule has 0 heterocycles. The van der Waals surface area contributed by atoms with Crippen molar-refractivity contribution in [2.75, 3.05) is 6.54 Å². The van der Waals surface area contributed by atoms with E-state index in [2.05, 4.69) is 20.8 Å². The molecule has 0 aromatic heterocycles. The first-order chi connectivity index (χ1) is 9.91. The van der Waals surface area contributed by atoms with Crippen molar-refractivity contribution in [1.82, 2.24) is 0 Å². The molecule has 0 spiro atoms. The standard InChI is InChI=1S/C18H22FNO/c1-18(2,3)13-8-10-14(11-9-13)21-17(12-20)15-6-4-5-7-16(15)19/h4-11,17H,12,20H2,1-3H3. The summed E-state index contributed by atoms with van der Waals surface area (Å²) in [6, 6.07) is 14.4. The number of hydrogen-bond donors (Lipinski definition) is 1. The number of halogens is 1. The Labute approximate surface area is 125 Å². The van der Waals surface area contributed by atoms with E-state index in [0.29, 0.717) is 11.3 Å². The van der Waals surface area contributed by atoms with Gasteiger partial charge < -0.3 is 10.5 Å². The van der Waals surface area contributed by atoms with Crippen LogP contribution in [0, 0.1) is 5.82 Å². The van der Waals surface area contributed by atoms with Crippen molar-refractivity contribution >= 4 is 0 Å². The second-order valence-corrected chi connectivity index (χ2v) is 6.14. The summed E-state index contributed by atoms with van der Waals surface area (Å²) in [7, 11) is 0. The minimum absolute atomic E-state index is 0.0946. The molecule has 0 bridgehead atoms. The summed E-state index contributed by atoms with van der Waals surface area (Å²) >= 11 is 0. The molecule has 0 aliphatic rings. The van der Waals surface area contributed by atoms with E-state index < -0.39 is 6.10 Å². The van der Waals surface area contributed by atoms with Crippen molar-refractivity contribution in [2.24, 2.45) is 5.73 Å². The normalized spacial score (nSPS) is 13.0. The molecule has 0 saturated heterocycles. The fraction of sp³-hybridized carbons (Fsp3) is 0.333. The van der Waals surface area contributed by atoms with Crippen LogP contribution in [0.2, 0.25) is 0 Å². The molecule has 0 fully saturated rings. The number of ether oxygens (including phenoxy) is 1. The zero-order valence-electron chi connectivity index (χ0n) is 12.8. The van der Waals surface area contributed by atoms with Crippen LogP contribution >= 0.6 is 0 Å². The fourth-order valence-electron chi connectivity index (χ4n) is 2.17. The van der Waals surface area contributed by atoms with Gasteiger partial charge in [-0.1, -0.05) is 51.1 Å². The van der Waals surface area contributed by atoms with Crippen LogP contribution in [0.25, 0.3) is 0 Å². The van der Waals surface area contributed by atoms with Gasteiger partial charge in [-0.3, -0.25) is 0 Å². The van der Waals surface area contributed by atoms with Crippen LogP contribution < -0.4 is 10.5 Å². The van der Waals surface area contributed by atoms with Crippen LogP contribution in [0.4, 0.5) is 4.39 Å². The Morgan fingerprint density at radius 3 is 2.19 bits per heavy atom. The van der Waals surface area contributed by atoms with Gasteiger partial charge in [0.05, 0.1) is 0 Å². The first-order valence-electron chi connectivity index (χ1n) is 7.13. The van der Waals surface area contributed by atoms with E-state index in [-0.39, 0.29) is 17.8 Å². The molecule has 2 aromatic carbocycles. The topological polar surface area (TPSA) is 35.2 Å². The lowest BCUT2D eigenvalue weighted by Gasteiger charge is -2.21. The summed E-state index contributed by atoms with van der Waals surface area (Å²) in [5.41, 5.74) is 7.54. The van der Waals surface area contributed by atoms with E-state index in [0.717, 1.165) is 0 Å². The van der Waals surface area contributed by atoms with Crippen LogP contribution in [0.1, 0.15) is 38.0 Å². The second kappa shape index (κ2) is 6.27. The van der Waals surface area contributed by atoms with Crippen LogP contribution in [-0.2, 0) is 5.41 Å². The third-order valence-corrected chi connectivity index (χ3v) is 3.46. The summed E-state index contributed by atoms with van der Waals surface area (Å²) in [5, 5.41) is 0. The van der Waals surface area contributed by atoms with E-state index in [9.17, 15) is 4.39 Å². The predicted molar refractivity (Wildman–Crippen MR) is 84.0 cm³/mol. The highest BCUT2D eigenvalue weighted by Gasteiger charge is 2.17. The highest BCUT2D eigenvalue weighted by molar-refractivity contribution is 5.32. The summed E-state index contributed by atoms with van der Waals surface area (Å²) < 4.78 is 19.6. The molecule has 1 atom stereocenters. The maximum Gasteiger partial charge on any atom is 0.139 e. The number of rotatable bonds is 4. The zero-order chi connectivity index (χ0) is 15.5. The van der Waals surface area contributed by atoms with Gasteiger partial charge in [-0.05, 0) is 29.2 Å². The van der Waals surface area contributed by atoms with E-state index in [1.165, 1.54) is 11.6 Å². The molecule has 21 heavy (non-hydrogen) atoms. The van der Waals surface area contributed by atoms with Gasteiger partial charge in [0.25, 0.3) is 0 Å². The van der Waals surface area contributed by atoms with Crippen molar-refractivity contribution in [1.29, 1.82) is 0 Å². The van der Waals surface area contributed by atoms with Gasteiger partial charge in [0.2, 0.25) is 0 Å². The summed E-state index contributed by atoms with van der Waals surface area (Å²) in [6.45, 7) is 6.70. The van der Waals surface area contributed by atoms with Crippen molar-refractivity contribution in [3.8, 4) is 5.75 Å². The summed E-state index contributed by atoms with van der Waals surface area (Å²) in [5.74, 6) is 0.404. The maximum absolute atomic E-state index is 13.8. The van der Waals surface area contributed by atoms with Gasteiger partial charge in [-0.15, -0.1) is 0 Å². The largest absolute Gasteiger partial charge is 0.484 e. The van der Waals surface area contributed by atoms with E-state index >= 15 is 0 Å². The molecule has 0 aliphatic heterocycles. The Hall–Kier alpha value is -1.87. The Bertz CT molecular complexity index is 587. The summed E-state index contributed by atoms with van der Waals surface area (Å²) in [6.07, 6.45) is -0.480. The Morgan fingerprint density at radius 1 is 1.05 bits per heavy atom. The van der Waals surface area contributed by atoms with Crippen LogP contribution in [0.15, 0.2) is 48.5 Å². The van der Waals surface area contributed by atoms with Crippen LogP contribution in [-0.4, -0.2) is 6.54 Å². The second-order valence-electron chi connectivity index (χ2n) is 6.14. The Kier molecular flexibility index (Phi) is 4.63. The zero-order valence-corrected chi connectivity index (χ0v) is 12.8. The average molecular weight is 287 g/mol. The van der Waals surface area contributed by atoms with Gasteiger partial charge in [0, 0.05) is 12.1 Å². The van der Waals surface area contributed by atoms with E-state index in [4.69, 9.17) is 10.5 Å². The first-order valence-corrected chi connectivity index (χ1v) is 7.13. The molecule has 3 heteroatoms. The van der Waals surface area contributed by atoms with Crippen LogP contribution in [0.5, 0.6) is 5.75 Å². The number of nitrogens with two attached hydrogens (primary N) is 1. The van der Waals surface area contributed by atoms with Crippen molar-refractivity contribution in [3.05, 3.63) is 65.5 Å². The SMILES string of the molecule is CC(C)(C)c1ccc(OC(CN)c2ccccc2F)cc1. The third-order valence-electron chi connectivity index (χ3n) is 3.46. The molecule has 0 radical (unpaired) electrons. The fourth-order valence-corrected chi connectivity index (χ4v) is 2.17. The van der Waals surface area contributed by atoms with Gasteiger partial charge in [0.15, 0.2) is 0 Å². The van der Waals surface area contributed by atoms with E-state index in [1.54, 1.807) is 18.2 Å².